The number of carbonyl (C=O) groups is 1. The van der Waals surface area contributed by atoms with Crippen LogP contribution in [0.2, 0.25) is 0 Å². The number of aryl methyl sites for hydroxylation is 1. The minimum atomic E-state index is -0.531. The van der Waals surface area contributed by atoms with Gasteiger partial charge in [0.2, 0.25) is 0 Å². The van der Waals surface area contributed by atoms with Crippen molar-refractivity contribution in [3.05, 3.63) is 44.1 Å². The van der Waals surface area contributed by atoms with Gasteiger partial charge in [-0.25, -0.2) is 4.68 Å². The van der Waals surface area contributed by atoms with Crippen LogP contribution in [0.25, 0.3) is 0 Å². The van der Waals surface area contributed by atoms with Gasteiger partial charge in [0.25, 0.3) is 5.91 Å². The minimum absolute atomic E-state index is 0.0251. The minimum Gasteiger partial charge on any atom is -0.361 e. The molecule has 0 radical (unpaired) electrons. The van der Waals surface area contributed by atoms with Gasteiger partial charge in [-0.1, -0.05) is 11.6 Å². The zero-order chi connectivity index (χ0) is 18.7. The molecule has 2 aromatic rings. The smallest absolute Gasteiger partial charge is 0.332 e. The van der Waals surface area contributed by atoms with E-state index in [4.69, 9.17) is 4.52 Å². The fourth-order valence-electron chi connectivity index (χ4n) is 4.43. The Morgan fingerprint density at radius 2 is 2.04 bits per heavy atom. The number of carbonyl (C=O) groups excluding carboxylic acids is 1. The van der Waals surface area contributed by atoms with Crippen molar-refractivity contribution in [1.82, 2.24) is 24.4 Å². The summed E-state index contributed by atoms with van der Waals surface area (Å²) >= 11 is 0. The number of hydrogen-bond donors (Lipinski definition) is 0. The van der Waals surface area contributed by atoms with E-state index in [1.54, 1.807) is 17.9 Å². The summed E-state index contributed by atoms with van der Waals surface area (Å²) in [5, 5.41) is 8.35. The molecule has 0 bridgehead atoms. The highest BCUT2D eigenvalue weighted by molar-refractivity contribution is 5.92. The summed E-state index contributed by atoms with van der Waals surface area (Å²) in [4.78, 5) is 39.3. The van der Waals surface area contributed by atoms with E-state index in [0.29, 0.717) is 49.4 Å². The highest BCUT2D eigenvalue weighted by Gasteiger charge is 2.44. The van der Waals surface area contributed by atoms with E-state index in [2.05, 4.69) is 10.3 Å². The Labute approximate surface area is 154 Å². The largest absolute Gasteiger partial charge is 0.361 e. The molecule has 1 amide bonds. The molecule has 1 saturated carbocycles. The van der Waals surface area contributed by atoms with Crippen molar-refractivity contribution in [2.75, 3.05) is 13.1 Å². The van der Waals surface area contributed by atoms with Crippen LogP contribution in [0.1, 0.15) is 47.3 Å². The van der Waals surface area contributed by atoms with Crippen LogP contribution in [0.4, 0.5) is 0 Å². The van der Waals surface area contributed by atoms with Gasteiger partial charge in [0, 0.05) is 44.1 Å². The predicted octanol–water partition coefficient (Wildman–Crippen LogP) is 0.371. The molecular weight excluding hydrogens is 350 g/mol. The molecule has 0 N–H and O–H groups in total. The van der Waals surface area contributed by atoms with Crippen molar-refractivity contribution in [1.29, 1.82) is 0 Å². The van der Waals surface area contributed by atoms with Crippen LogP contribution in [0.15, 0.2) is 20.2 Å². The first kappa shape index (κ1) is 16.5. The summed E-state index contributed by atoms with van der Waals surface area (Å²) in [6.45, 7) is 3.70. The number of fused-ring (bicyclic) bond motifs is 3. The molecule has 3 aliphatic rings. The standard InChI is InChI=1S/C18H21N5O4/c1-10-5-14(20-27-10)16(24)21-7-12-8-22-15(13(12)9-21)19-23(18(26)17(22)25)6-11-3-2-4-11/h5,11-13H,2-4,6-9H2,1H3. The number of rotatable bonds is 3. The van der Waals surface area contributed by atoms with Crippen molar-refractivity contribution in [2.24, 2.45) is 11.8 Å². The summed E-state index contributed by atoms with van der Waals surface area (Å²) < 4.78 is 7.86. The SMILES string of the molecule is Cc1cc(C(=O)N2CC3Cn4c(nn(CC5CCC5)c(=O)c4=O)C3C2)no1. The summed E-state index contributed by atoms with van der Waals surface area (Å²) in [6.07, 6.45) is 3.34. The maximum atomic E-state index is 12.6. The molecule has 1 saturated heterocycles. The highest BCUT2D eigenvalue weighted by atomic mass is 16.5. The Morgan fingerprint density at radius 3 is 2.70 bits per heavy atom. The lowest BCUT2D eigenvalue weighted by Gasteiger charge is -2.25. The molecule has 0 spiro atoms. The first-order valence-corrected chi connectivity index (χ1v) is 9.45. The number of aromatic nitrogens is 4. The van der Waals surface area contributed by atoms with Crippen molar-refractivity contribution in [2.45, 2.75) is 45.2 Å². The molecule has 2 unspecified atom stereocenters. The van der Waals surface area contributed by atoms with Crippen LogP contribution < -0.4 is 11.1 Å². The van der Waals surface area contributed by atoms with Gasteiger partial charge < -0.3 is 9.42 Å². The van der Waals surface area contributed by atoms with Crippen LogP contribution >= 0.6 is 0 Å². The molecular formula is C18H21N5O4. The van der Waals surface area contributed by atoms with Gasteiger partial charge in [-0.3, -0.25) is 19.0 Å². The highest BCUT2D eigenvalue weighted by Crippen LogP contribution is 2.37. The molecule has 9 nitrogen and oxygen atoms in total. The Balaban J connectivity index is 1.42. The van der Waals surface area contributed by atoms with E-state index in [1.165, 1.54) is 15.7 Å². The van der Waals surface area contributed by atoms with E-state index in [-0.39, 0.29) is 17.7 Å². The van der Waals surface area contributed by atoms with Crippen molar-refractivity contribution >= 4 is 5.91 Å². The van der Waals surface area contributed by atoms with Crippen LogP contribution in [0, 0.1) is 18.8 Å². The van der Waals surface area contributed by atoms with Gasteiger partial charge in [0.15, 0.2) is 5.69 Å². The maximum absolute atomic E-state index is 12.6. The third-order valence-electron chi connectivity index (χ3n) is 6.14. The second kappa shape index (κ2) is 5.90. The first-order valence-electron chi connectivity index (χ1n) is 9.45. The van der Waals surface area contributed by atoms with Crippen LogP contribution in [0.5, 0.6) is 0 Å². The molecule has 27 heavy (non-hydrogen) atoms. The van der Waals surface area contributed by atoms with E-state index in [9.17, 15) is 14.4 Å². The summed E-state index contributed by atoms with van der Waals surface area (Å²) in [6, 6.07) is 1.63. The molecule has 4 heterocycles. The van der Waals surface area contributed by atoms with Gasteiger partial charge in [-0.05, 0) is 25.7 Å². The van der Waals surface area contributed by atoms with E-state index < -0.39 is 11.1 Å². The predicted molar refractivity (Wildman–Crippen MR) is 93.5 cm³/mol. The average molecular weight is 371 g/mol. The second-order valence-electron chi connectivity index (χ2n) is 7.96. The Hall–Kier alpha value is -2.71. The normalized spacial score (nSPS) is 24.0. The zero-order valence-electron chi connectivity index (χ0n) is 15.1. The lowest BCUT2D eigenvalue weighted by atomic mass is 9.85. The molecule has 0 aromatic carbocycles. The quantitative estimate of drug-likeness (QED) is 0.722. The Kier molecular flexibility index (Phi) is 3.60. The number of nitrogens with zero attached hydrogens (tertiary/aromatic N) is 5. The molecule has 2 aliphatic heterocycles. The van der Waals surface area contributed by atoms with E-state index in [1.807, 2.05) is 0 Å². The van der Waals surface area contributed by atoms with Gasteiger partial charge in [0.1, 0.15) is 11.6 Å². The molecule has 5 rings (SSSR count). The summed E-state index contributed by atoms with van der Waals surface area (Å²) in [5.74, 6) is 1.57. The molecule has 2 atom stereocenters. The average Bonchev–Trinajstić information content (AvgIpc) is 3.29. The lowest BCUT2D eigenvalue weighted by molar-refractivity contribution is 0.0772. The number of amides is 1. The second-order valence-corrected chi connectivity index (χ2v) is 7.96. The van der Waals surface area contributed by atoms with Gasteiger partial charge in [-0.2, -0.15) is 5.10 Å². The molecule has 9 heteroatoms. The Bertz CT molecular complexity index is 1030. The third kappa shape index (κ3) is 2.55. The molecule has 2 fully saturated rings. The van der Waals surface area contributed by atoms with Gasteiger partial charge in [0.05, 0.1) is 0 Å². The van der Waals surface area contributed by atoms with Crippen LogP contribution in [0.3, 0.4) is 0 Å². The monoisotopic (exact) mass is 371 g/mol. The fraction of sp³-hybridized carbons (Fsp3) is 0.611. The number of hydrogen-bond acceptors (Lipinski definition) is 6. The maximum Gasteiger partial charge on any atom is 0.332 e. The van der Waals surface area contributed by atoms with E-state index in [0.717, 1.165) is 12.8 Å². The fourth-order valence-corrected chi connectivity index (χ4v) is 4.43. The first-order chi connectivity index (χ1) is 13.0. The lowest BCUT2D eigenvalue weighted by Crippen LogP contribution is -2.45. The van der Waals surface area contributed by atoms with Crippen molar-refractivity contribution < 1.29 is 9.32 Å². The summed E-state index contributed by atoms with van der Waals surface area (Å²) in [5.41, 5.74) is -0.719. The van der Waals surface area contributed by atoms with Crippen LogP contribution in [-0.4, -0.2) is 43.4 Å². The Morgan fingerprint density at radius 1 is 1.22 bits per heavy atom. The van der Waals surface area contributed by atoms with Gasteiger partial charge in [-0.15, -0.1) is 0 Å². The summed E-state index contributed by atoms with van der Waals surface area (Å²) in [7, 11) is 0. The zero-order valence-corrected chi connectivity index (χ0v) is 15.1. The number of likely N-dealkylation sites (tertiary alicyclic amines) is 1. The topological polar surface area (TPSA) is 103 Å². The van der Waals surface area contributed by atoms with Gasteiger partial charge >= 0.3 is 11.1 Å². The molecule has 2 aromatic heterocycles. The van der Waals surface area contributed by atoms with Crippen molar-refractivity contribution in [3.63, 3.8) is 0 Å². The van der Waals surface area contributed by atoms with Crippen molar-refractivity contribution in [3.8, 4) is 0 Å². The molecule has 142 valence electrons. The third-order valence-corrected chi connectivity index (χ3v) is 6.14. The molecule has 1 aliphatic carbocycles. The van der Waals surface area contributed by atoms with Crippen LogP contribution in [-0.2, 0) is 13.1 Å². The van der Waals surface area contributed by atoms with E-state index >= 15 is 0 Å².